The maximum absolute atomic E-state index is 12.6. The van der Waals surface area contributed by atoms with Gasteiger partial charge in [-0.2, -0.15) is 0 Å². The standard InChI is InChI=1S/C22H26ClN3O3/c1-29-18-10-7-15(8-11-18)24-14-21(27)25-17-9-12-20(23)19(13-17)22(28)26-16-5-3-2-4-6-16/h7-13,16,24H,2-6,14H2,1H3,(H,25,27)(H,26,28). The fourth-order valence-electron chi connectivity index (χ4n) is 3.38. The molecule has 0 unspecified atom stereocenters. The molecule has 0 atom stereocenters. The van der Waals surface area contributed by atoms with E-state index in [0.29, 0.717) is 16.3 Å². The van der Waals surface area contributed by atoms with Gasteiger partial charge in [-0.3, -0.25) is 9.59 Å². The minimum Gasteiger partial charge on any atom is -0.497 e. The number of hydrogen-bond donors (Lipinski definition) is 3. The minimum absolute atomic E-state index is 0.0958. The summed E-state index contributed by atoms with van der Waals surface area (Å²) in [5.41, 5.74) is 1.72. The summed E-state index contributed by atoms with van der Waals surface area (Å²) in [5, 5.41) is 9.26. The zero-order valence-electron chi connectivity index (χ0n) is 16.5. The van der Waals surface area contributed by atoms with E-state index in [0.717, 1.165) is 37.1 Å². The van der Waals surface area contributed by atoms with Crippen molar-refractivity contribution >= 4 is 34.8 Å². The second kappa shape index (κ2) is 10.2. The summed E-state index contributed by atoms with van der Waals surface area (Å²) in [4.78, 5) is 24.9. The summed E-state index contributed by atoms with van der Waals surface area (Å²) in [6.45, 7) is 0.0958. The molecule has 1 aliphatic rings. The Hall–Kier alpha value is -2.73. The first-order chi connectivity index (χ1) is 14.0. The van der Waals surface area contributed by atoms with Gasteiger partial charge in [0.2, 0.25) is 5.91 Å². The number of benzene rings is 2. The van der Waals surface area contributed by atoms with E-state index in [1.165, 1.54) is 6.42 Å². The molecule has 6 nitrogen and oxygen atoms in total. The summed E-state index contributed by atoms with van der Waals surface area (Å²) < 4.78 is 5.11. The SMILES string of the molecule is COc1ccc(NCC(=O)Nc2ccc(Cl)c(C(=O)NC3CCCCC3)c2)cc1. The Morgan fingerprint density at radius 1 is 1.03 bits per heavy atom. The molecule has 29 heavy (non-hydrogen) atoms. The van der Waals surface area contributed by atoms with Crippen molar-refractivity contribution in [2.75, 3.05) is 24.3 Å². The number of nitrogens with one attached hydrogen (secondary N) is 3. The van der Waals surface area contributed by atoms with Crippen molar-refractivity contribution in [1.82, 2.24) is 5.32 Å². The molecule has 0 aliphatic heterocycles. The summed E-state index contributed by atoms with van der Waals surface area (Å²) in [5.74, 6) is 0.330. The topological polar surface area (TPSA) is 79.5 Å². The average molecular weight is 416 g/mol. The molecule has 1 fully saturated rings. The normalized spacial score (nSPS) is 14.1. The fourth-order valence-corrected chi connectivity index (χ4v) is 3.59. The molecule has 0 saturated heterocycles. The first-order valence-corrected chi connectivity index (χ1v) is 10.2. The summed E-state index contributed by atoms with van der Waals surface area (Å²) in [7, 11) is 1.60. The van der Waals surface area contributed by atoms with Gasteiger partial charge < -0.3 is 20.7 Å². The van der Waals surface area contributed by atoms with E-state index in [9.17, 15) is 9.59 Å². The smallest absolute Gasteiger partial charge is 0.253 e. The van der Waals surface area contributed by atoms with Gasteiger partial charge in [-0.15, -0.1) is 0 Å². The lowest BCUT2D eigenvalue weighted by molar-refractivity contribution is -0.114. The first kappa shape index (κ1) is 21.0. The highest BCUT2D eigenvalue weighted by molar-refractivity contribution is 6.34. The van der Waals surface area contributed by atoms with Crippen LogP contribution in [0.4, 0.5) is 11.4 Å². The molecule has 0 aromatic heterocycles. The molecule has 0 heterocycles. The van der Waals surface area contributed by atoms with Gasteiger partial charge in [0.1, 0.15) is 5.75 Å². The Bertz CT molecular complexity index is 849. The third-order valence-electron chi connectivity index (χ3n) is 4.98. The summed E-state index contributed by atoms with van der Waals surface area (Å²) >= 11 is 6.22. The third-order valence-corrected chi connectivity index (χ3v) is 5.31. The van der Waals surface area contributed by atoms with Gasteiger partial charge in [-0.25, -0.2) is 0 Å². The molecule has 2 aromatic carbocycles. The van der Waals surface area contributed by atoms with Crippen molar-refractivity contribution < 1.29 is 14.3 Å². The largest absolute Gasteiger partial charge is 0.497 e. The zero-order valence-corrected chi connectivity index (χ0v) is 17.2. The number of methoxy groups -OCH3 is 1. The van der Waals surface area contributed by atoms with E-state index in [-0.39, 0.29) is 24.4 Å². The highest BCUT2D eigenvalue weighted by Gasteiger charge is 2.19. The van der Waals surface area contributed by atoms with Crippen LogP contribution in [0.2, 0.25) is 5.02 Å². The van der Waals surface area contributed by atoms with Crippen LogP contribution in [0.1, 0.15) is 42.5 Å². The molecule has 3 N–H and O–H groups in total. The van der Waals surface area contributed by atoms with E-state index in [4.69, 9.17) is 16.3 Å². The molecular formula is C22H26ClN3O3. The average Bonchev–Trinajstić information content (AvgIpc) is 2.74. The minimum atomic E-state index is -0.221. The molecule has 1 aliphatic carbocycles. The molecular weight excluding hydrogens is 390 g/mol. The van der Waals surface area contributed by atoms with Crippen molar-refractivity contribution in [2.24, 2.45) is 0 Å². The number of carbonyl (C=O) groups excluding carboxylic acids is 2. The maximum Gasteiger partial charge on any atom is 0.253 e. The number of rotatable bonds is 7. The Labute approximate surface area is 176 Å². The van der Waals surface area contributed by atoms with Gasteiger partial charge in [0.05, 0.1) is 24.2 Å². The summed E-state index contributed by atoms with van der Waals surface area (Å²) in [6, 6.07) is 12.4. The Morgan fingerprint density at radius 3 is 2.41 bits per heavy atom. The second-order valence-electron chi connectivity index (χ2n) is 7.13. The zero-order chi connectivity index (χ0) is 20.6. The molecule has 3 rings (SSSR count). The molecule has 1 saturated carbocycles. The van der Waals surface area contributed by atoms with E-state index >= 15 is 0 Å². The number of halogens is 1. The van der Waals surface area contributed by atoms with Crippen molar-refractivity contribution in [3.8, 4) is 5.75 Å². The Kier molecular flexibility index (Phi) is 7.36. The van der Waals surface area contributed by atoms with Crippen LogP contribution in [0, 0.1) is 0 Å². The third kappa shape index (κ3) is 6.12. The van der Waals surface area contributed by atoms with Crippen LogP contribution >= 0.6 is 11.6 Å². The summed E-state index contributed by atoms with van der Waals surface area (Å²) in [6.07, 6.45) is 5.48. The van der Waals surface area contributed by atoms with Gasteiger partial charge >= 0.3 is 0 Å². The molecule has 2 aromatic rings. The number of ether oxygens (including phenoxy) is 1. The monoisotopic (exact) mass is 415 g/mol. The van der Waals surface area contributed by atoms with Gasteiger partial charge in [0.25, 0.3) is 5.91 Å². The van der Waals surface area contributed by atoms with Crippen LogP contribution in [0.25, 0.3) is 0 Å². The highest BCUT2D eigenvalue weighted by Crippen LogP contribution is 2.23. The molecule has 7 heteroatoms. The predicted molar refractivity (Wildman–Crippen MR) is 116 cm³/mol. The molecule has 154 valence electrons. The van der Waals surface area contributed by atoms with Crippen LogP contribution in [0.5, 0.6) is 5.75 Å². The van der Waals surface area contributed by atoms with E-state index in [1.54, 1.807) is 25.3 Å². The first-order valence-electron chi connectivity index (χ1n) is 9.83. The van der Waals surface area contributed by atoms with Crippen molar-refractivity contribution in [1.29, 1.82) is 0 Å². The van der Waals surface area contributed by atoms with Crippen LogP contribution in [-0.2, 0) is 4.79 Å². The number of hydrogen-bond acceptors (Lipinski definition) is 4. The molecule has 2 amide bonds. The van der Waals surface area contributed by atoms with Crippen LogP contribution in [-0.4, -0.2) is 31.5 Å². The van der Waals surface area contributed by atoms with Crippen molar-refractivity contribution in [2.45, 2.75) is 38.1 Å². The number of anilines is 2. The van der Waals surface area contributed by atoms with Crippen molar-refractivity contribution in [3.05, 3.63) is 53.1 Å². The van der Waals surface area contributed by atoms with Gasteiger partial charge in [-0.05, 0) is 55.3 Å². The number of amides is 2. The van der Waals surface area contributed by atoms with Gasteiger partial charge in [0.15, 0.2) is 0 Å². The van der Waals surface area contributed by atoms with E-state index in [1.807, 2.05) is 24.3 Å². The maximum atomic E-state index is 12.6. The van der Waals surface area contributed by atoms with E-state index in [2.05, 4.69) is 16.0 Å². The lowest BCUT2D eigenvalue weighted by atomic mass is 9.95. The predicted octanol–water partition coefficient (Wildman–Crippen LogP) is 4.46. The quantitative estimate of drug-likeness (QED) is 0.623. The van der Waals surface area contributed by atoms with Gasteiger partial charge in [-0.1, -0.05) is 30.9 Å². The Morgan fingerprint density at radius 2 is 1.72 bits per heavy atom. The van der Waals surface area contributed by atoms with Crippen LogP contribution in [0.15, 0.2) is 42.5 Å². The lowest BCUT2D eigenvalue weighted by Gasteiger charge is -2.23. The molecule has 0 radical (unpaired) electrons. The lowest BCUT2D eigenvalue weighted by Crippen LogP contribution is -2.36. The van der Waals surface area contributed by atoms with Crippen LogP contribution < -0.4 is 20.7 Å². The van der Waals surface area contributed by atoms with Crippen LogP contribution in [0.3, 0.4) is 0 Å². The highest BCUT2D eigenvalue weighted by atomic mass is 35.5. The molecule has 0 spiro atoms. The second-order valence-corrected chi connectivity index (χ2v) is 7.54. The fraction of sp³-hybridized carbons (Fsp3) is 0.364. The van der Waals surface area contributed by atoms with E-state index < -0.39 is 0 Å². The van der Waals surface area contributed by atoms with Crippen molar-refractivity contribution in [3.63, 3.8) is 0 Å². The Balaban J connectivity index is 1.56. The molecule has 0 bridgehead atoms. The number of carbonyl (C=O) groups is 2. The van der Waals surface area contributed by atoms with Gasteiger partial charge in [0, 0.05) is 17.4 Å².